The number of carbonyl (C=O) groups excluding carboxylic acids is 2. The standard InChI is InChI=1S/C25H22N2O4/c1-16-8-10-18(11-9-16)26-24(28)21-22(17-6-4-3-5-7-17)27(31-23(21)25(26)29)19-12-14-20(30-2)15-13-19/h3-15,21-23H,1-2H3/t21-,22+,23+/m1/s1. The van der Waals surface area contributed by atoms with E-state index in [1.165, 1.54) is 4.90 Å². The van der Waals surface area contributed by atoms with Gasteiger partial charge in [-0.05, 0) is 48.9 Å². The largest absolute Gasteiger partial charge is 0.497 e. The van der Waals surface area contributed by atoms with Crippen molar-refractivity contribution in [3.63, 3.8) is 0 Å². The van der Waals surface area contributed by atoms with Crippen molar-refractivity contribution in [1.82, 2.24) is 0 Å². The molecule has 0 spiro atoms. The molecular formula is C25H22N2O4. The van der Waals surface area contributed by atoms with Crippen molar-refractivity contribution >= 4 is 23.2 Å². The summed E-state index contributed by atoms with van der Waals surface area (Å²) in [6.07, 6.45) is -0.874. The summed E-state index contributed by atoms with van der Waals surface area (Å²) in [5.41, 5.74) is 3.30. The third-order valence-corrected chi connectivity index (χ3v) is 5.88. The van der Waals surface area contributed by atoms with E-state index in [4.69, 9.17) is 9.57 Å². The van der Waals surface area contributed by atoms with E-state index < -0.39 is 18.1 Å². The second-order valence-corrected chi connectivity index (χ2v) is 7.78. The normalized spacial score (nSPS) is 22.7. The van der Waals surface area contributed by atoms with E-state index >= 15 is 0 Å². The molecule has 0 radical (unpaired) electrons. The molecule has 0 bridgehead atoms. The van der Waals surface area contributed by atoms with Crippen LogP contribution in [-0.2, 0) is 14.4 Å². The summed E-state index contributed by atoms with van der Waals surface area (Å²) in [4.78, 5) is 34.2. The van der Waals surface area contributed by atoms with Gasteiger partial charge in [0.15, 0.2) is 6.10 Å². The summed E-state index contributed by atoms with van der Waals surface area (Å²) >= 11 is 0. The maximum atomic E-state index is 13.5. The summed E-state index contributed by atoms with van der Waals surface area (Å²) in [5, 5.41) is 1.69. The van der Waals surface area contributed by atoms with Gasteiger partial charge in [-0.2, -0.15) is 0 Å². The van der Waals surface area contributed by atoms with E-state index in [1.54, 1.807) is 24.3 Å². The number of ether oxygens (including phenoxy) is 1. The lowest BCUT2D eigenvalue weighted by molar-refractivity contribution is -0.126. The molecule has 5 rings (SSSR count). The fraction of sp³-hybridized carbons (Fsp3) is 0.200. The summed E-state index contributed by atoms with van der Waals surface area (Å²) in [6, 6.07) is 24.0. The van der Waals surface area contributed by atoms with Crippen LogP contribution < -0.4 is 14.7 Å². The van der Waals surface area contributed by atoms with E-state index in [2.05, 4.69) is 0 Å². The van der Waals surface area contributed by atoms with Crippen LogP contribution in [0, 0.1) is 12.8 Å². The molecule has 0 aromatic heterocycles. The number of imide groups is 1. The molecule has 6 nitrogen and oxygen atoms in total. The third kappa shape index (κ3) is 3.16. The van der Waals surface area contributed by atoms with Crippen LogP contribution in [0.4, 0.5) is 11.4 Å². The predicted octanol–water partition coefficient (Wildman–Crippen LogP) is 4.05. The van der Waals surface area contributed by atoms with Crippen LogP contribution in [0.15, 0.2) is 78.9 Å². The average molecular weight is 414 g/mol. The lowest BCUT2D eigenvalue weighted by Gasteiger charge is -2.28. The zero-order valence-corrected chi connectivity index (χ0v) is 17.3. The molecule has 0 aliphatic carbocycles. The van der Waals surface area contributed by atoms with Gasteiger partial charge in [0.05, 0.1) is 24.5 Å². The van der Waals surface area contributed by atoms with Crippen LogP contribution in [0.1, 0.15) is 17.2 Å². The van der Waals surface area contributed by atoms with Gasteiger partial charge in [0.25, 0.3) is 5.91 Å². The molecule has 3 atom stereocenters. The van der Waals surface area contributed by atoms with Crippen molar-refractivity contribution in [3.8, 4) is 5.75 Å². The zero-order valence-electron chi connectivity index (χ0n) is 17.3. The number of hydrogen-bond donors (Lipinski definition) is 0. The molecule has 0 N–H and O–H groups in total. The van der Waals surface area contributed by atoms with Gasteiger partial charge >= 0.3 is 0 Å². The number of rotatable bonds is 4. The molecular weight excluding hydrogens is 392 g/mol. The van der Waals surface area contributed by atoms with Gasteiger partial charge in [0, 0.05) is 0 Å². The minimum atomic E-state index is -0.874. The lowest BCUT2D eigenvalue weighted by Crippen LogP contribution is -2.37. The first-order valence-corrected chi connectivity index (χ1v) is 10.2. The fourth-order valence-corrected chi connectivity index (χ4v) is 4.30. The number of aryl methyl sites for hydroxylation is 1. The van der Waals surface area contributed by atoms with Crippen LogP contribution in [-0.4, -0.2) is 25.0 Å². The molecule has 3 aromatic carbocycles. The smallest absolute Gasteiger partial charge is 0.266 e. The second-order valence-electron chi connectivity index (χ2n) is 7.78. The van der Waals surface area contributed by atoms with Crippen molar-refractivity contribution < 1.29 is 19.2 Å². The summed E-state index contributed by atoms with van der Waals surface area (Å²) < 4.78 is 5.25. The highest BCUT2D eigenvalue weighted by atomic mass is 16.7. The van der Waals surface area contributed by atoms with Crippen molar-refractivity contribution in [2.45, 2.75) is 19.1 Å². The fourth-order valence-electron chi connectivity index (χ4n) is 4.30. The minimum Gasteiger partial charge on any atom is -0.497 e. The number of carbonyl (C=O) groups is 2. The first-order chi connectivity index (χ1) is 15.1. The molecule has 6 heteroatoms. The topological polar surface area (TPSA) is 59.1 Å². The maximum absolute atomic E-state index is 13.5. The Balaban J connectivity index is 1.55. The van der Waals surface area contributed by atoms with Crippen molar-refractivity contribution in [2.24, 2.45) is 5.92 Å². The van der Waals surface area contributed by atoms with Crippen LogP contribution >= 0.6 is 0 Å². The van der Waals surface area contributed by atoms with Gasteiger partial charge in [-0.15, -0.1) is 0 Å². The van der Waals surface area contributed by atoms with Crippen molar-refractivity contribution in [3.05, 3.63) is 90.0 Å². The Labute approximate surface area is 180 Å². The Bertz CT molecular complexity index is 1110. The van der Waals surface area contributed by atoms with E-state index in [9.17, 15) is 9.59 Å². The molecule has 3 aromatic rings. The minimum absolute atomic E-state index is 0.247. The van der Waals surface area contributed by atoms with Gasteiger partial charge in [-0.25, -0.2) is 9.96 Å². The van der Waals surface area contributed by atoms with Crippen LogP contribution in [0.2, 0.25) is 0 Å². The van der Waals surface area contributed by atoms with Crippen molar-refractivity contribution in [2.75, 3.05) is 17.1 Å². The first-order valence-electron chi connectivity index (χ1n) is 10.2. The number of nitrogens with zero attached hydrogens (tertiary/aromatic N) is 2. The van der Waals surface area contributed by atoms with E-state index in [0.29, 0.717) is 5.69 Å². The number of anilines is 2. The third-order valence-electron chi connectivity index (χ3n) is 5.88. The summed E-state index contributed by atoms with van der Waals surface area (Å²) in [7, 11) is 1.61. The highest BCUT2D eigenvalue weighted by Gasteiger charge is 2.60. The highest BCUT2D eigenvalue weighted by molar-refractivity contribution is 6.23. The van der Waals surface area contributed by atoms with E-state index in [0.717, 1.165) is 22.6 Å². The molecule has 2 fully saturated rings. The molecule has 2 aliphatic heterocycles. The van der Waals surface area contributed by atoms with Gasteiger partial charge < -0.3 is 4.74 Å². The SMILES string of the molecule is COc1ccc(N2O[C@@H]3C(=O)N(c4ccc(C)cc4)C(=O)[C@@H]3[C@@H]2c2ccccc2)cc1. The van der Waals surface area contributed by atoms with Gasteiger partial charge in [0.1, 0.15) is 11.7 Å². The molecule has 0 unspecified atom stereocenters. The average Bonchev–Trinajstić information content (AvgIpc) is 3.31. The second kappa shape index (κ2) is 7.56. The van der Waals surface area contributed by atoms with Gasteiger partial charge in [0.2, 0.25) is 5.91 Å². The predicted molar refractivity (Wildman–Crippen MR) is 117 cm³/mol. The molecule has 2 saturated heterocycles. The van der Waals surface area contributed by atoms with Crippen LogP contribution in [0.3, 0.4) is 0 Å². The van der Waals surface area contributed by atoms with E-state index in [-0.39, 0.29) is 11.8 Å². The number of hydrogen-bond acceptors (Lipinski definition) is 5. The molecule has 2 aliphatic rings. The number of methoxy groups -OCH3 is 1. The monoisotopic (exact) mass is 414 g/mol. The first kappa shape index (κ1) is 19.3. The molecule has 31 heavy (non-hydrogen) atoms. The number of benzene rings is 3. The Kier molecular flexibility index (Phi) is 4.71. The Morgan fingerprint density at radius 2 is 1.45 bits per heavy atom. The molecule has 2 amide bonds. The Hall–Kier alpha value is -3.64. The summed E-state index contributed by atoms with van der Waals surface area (Å²) in [6.45, 7) is 1.97. The van der Waals surface area contributed by atoms with Crippen LogP contribution in [0.25, 0.3) is 0 Å². The molecule has 0 saturated carbocycles. The maximum Gasteiger partial charge on any atom is 0.266 e. The Morgan fingerprint density at radius 1 is 0.806 bits per heavy atom. The van der Waals surface area contributed by atoms with E-state index in [1.807, 2.05) is 73.7 Å². The quantitative estimate of drug-likeness (QED) is 0.603. The highest BCUT2D eigenvalue weighted by Crippen LogP contribution is 2.47. The zero-order chi connectivity index (χ0) is 21.5. The molecule has 2 heterocycles. The molecule has 156 valence electrons. The van der Waals surface area contributed by atoms with Gasteiger partial charge in [-0.1, -0.05) is 48.0 Å². The Morgan fingerprint density at radius 3 is 2.10 bits per heavy atom. The lowest BCUT2D eigenvalue weighted by atomic mass is 9.90. The number of fused-ring (bicyclic) bond motifs is 1. The summed E-state index contributed by atoms with van der Waals surface area (Å²) in [5.74, 6) is -0.505. The van der Waals surface area contributed by atoms with Crippen LogP contribution in [0.5, 0.6) is 5.75 Å². The van der Waals surface area contributed by atoms with Crippen molar-refractivity contribution in [1.29, 1.82) is 0 Å². The van der Waals surface area contributed by atoms with Gasteiger partial charge in [-0.3, -0.25) is 14.4 Å². The number of hydroxylamine groups is 1. The number of amides is 2.